The Hall–Kier alpha value is -1.96. The first-order chi connectivity index (χ1) is 11.9. The Labute approximate surface area is 152 Å². The van der Waals surface area contributed by atoms with E-state index in [0.29, 0.717) is 23.5 Å². The minimum atomic E-state index is -0.369. The third-order valence-corrected chi connectivity index (χ3v) is 5.52. The van der Waals surface area contributed by atoms with Crippen molar-refractivity contribution in [3.63, 3.8) is 0 Å². The highest BCUT2D eigenvalue weighted by molar-refractivity contribution is 8.00. The highest BCUT2D eigenvalue weighted by Crippen LogP contribution is 2.30. The number of piperidine rings is 1. The molecule has 8 heteroatoms. The van der Waals surface area contributed by atoms with Crippen molar-refractivity contribution in [1.29, 1.82) is 0 Å². The van der Waals surface area contributed by atoms with Gasteiger partial charge in [-0.2, -0.15) is 0 Å². The molecule has 1 amide bonds. The van der Waals surface area contributed by atoms with Crippen LogP contribution in [0.15, 0.2) is 28.0 Å². The minimum absolute atomic E-state index is 0.362. The first-order valence-electron chi connectivity index (χ1n) is 8.60. The molecular weight excluding hydrogens is 338 g/mol. The van der Waals surface area contributed by atoms with E-state index in [4.69, 9.17) is 10.2 Å². The van der Waals surface area contributed by atoms with Gasteiger partial charge in [0, 0.05) is 13.1 Å². The van der Waals surface area contributed by atoms with Crippen LogP contribution >= 0.6 is 11.8 Å². The maximum Gasteiger partial charge on any atom is 0.230 e. The van der Waals surface area contributed by atoms with Gasteiger partial charge in [-0.3, -0.25) is 9.36 Å². The highest BCUT2D eigenvalue weighted by atomic mass is 32.2. The van der Waals surface area contributed by atoms with E-state index in [1.54, 1.807) is 13.2 Å². The topological polar surface area (TPSA) is 90.2 Å². The quantitative estimate of drug-likeness (QED) is 0.793. The number of rotatable bonds is 6. The van der Waals surface area contributed by atoms with Gasteiger partial charge in [-0.05, 0) is 37.3 Å². The van der Waals surface area contributed by atoms with Crippen molar-refractivity contribution in [2.24, 2.45) is 17.6 Å². The van der Waals surface area contributed by atoms with Crippen molar-refractivity contribution in [2.45, 2.75) is 44.1 Å². The molecule has 0 spiro atoms. The Balaban J connectivity index is 1.91. The molecule has 3 atom stereocenters. The van der Waals surface area contributed by atoms with Crippen LogP contribution < -0.4 is 10.6 Å². The van der Waals surface area contributed by atoms with Gasteiger partial charge < -0.3 is 15.1 Å². The van der Waals surface area contributed by atoms with Gasteiger partial charge in [0.15, 0.2) is 5.16 Å². The van der Waals surface area contributed by atoms with Crippen LogP contribution in [0.5, 0.6) is 0 Å². The number of thioether (sulfide) groups is 1. The number of hydrogen-bond donors (Lipinski definition) is 1. The van der Waals surface area contributed by atoms with Gasteiger partial charge in [-0.15, -0.1) is 10.2 Å². The third-order valence-electron chi connectivity index (χ3n) is 4.43. The summed E-state index contributed by atoms with van der Waals surface area (Å²) in [4.78, 5) is 13.7. The summed E-state index contributed by atoms with van der Waals surface area (Å²) in [5.41, 5.74) is 5.41. The molecule has 25 heavy (non-hydrogen) atoms. The fourth-order valence-corrected chi connectivity index (χ4v) is 4.14. The number of anilines is 1. The predicted octanol–water partition coefficient (Wildman–Crippen LogP) is 2.37. The van der Waals surface area contributed by atoms with Crippen LogP contribution in [-0.2, 0) is 11.3 Å². The molecule has 7 nitrogen and oxygen atoms in total. The number of nitrogens with two attached hydrogens (primary N) is 1. The van der Waals surface area contributed by atoms with Gasteiger partial charge in [0.05, 0.1) is 18.1 Å². The van der Waals surface area contributed by atoms with Crippen LogP contribution in [0.4, 0.5) is 5.95 Å². The average molecular weight is 363 g/mol. The van der Waals surface area contributed by atoms with Gasteiger partial charge >= 0.3 is 0 Å². The van der Waals surface area contributed by atoms with Crippen LogP contribution in [0.1, 0.15) is 33.0 Å². The number of carbonyl (C=O) groups is 1. The number of furan rings is 1. The zero-order valence-electron chi connectivity index (χ0n) is 14.9. The van der Waals surface area contributed by atoms with Gasteiger partial charge in [0.25, 0.3) is 0 Å². The summed E-state index contributed by atoms with van der Waals surface area (Å²) in [7, 11) is 0. The van der Waals surface area contributed by atoms with Gasteiger partial charge in [0.1, 0.15) is 5.76 Å². The summed E-state index contributed by atoms with van der Waals surface area (Å²) in [6.45, 7) is 8.75. The predicted molar refractivity (Wildman–Crippen MR) is 97.5 cm³/mol. The molecule has 3 rings (SSSR count). The lowest BCUT2D eigenvalue weighted by molar-refractivity contribution is -0.117. The van der Waals surface area contributed by atoms with E-state index in [-0.39, 0.29) is 11.2 Å². The van der Waals surface area contributed by atoms with Crippen LogP contribution in [0.2, 0.25) is 0 Å². The Morgan fingerprint density at radius 2 is 2.12 bits per heavy atom. The maximum absolute atomic E-state index is 11.4. The van der Waals surface area contributed by atoms with Crippen LogP contribution in [-0.4, -0.2) is 39.0 Å². The summed E-state index contributed by atoms with van der Waals surface area (Å²) in [5, 5.41) is 9.07. The van der Waals surface area contributed by atoms with Crippen molar-refractivity contribution in [3.8, 4) is 0 Å². The van der Waals surface area contributed by atoms with Crippen molar-refractivity contribution in [3.05, 3.63) is 24.2 Å². The molecule has 136 valence electrons. The normalized spacial score (nSPS) is 22.1. The van der Waals surface area contributed by atoms with Crippen molar-refractivity contribution < 1.29 is 9.21 Å². The number of nitrogens with zero attached hydrogens (tertiary/aromatic N) is 4. The molecule has 0 saturated carbocycles. The van der Waals surface area contributed by atoms with Crippen LogP contribution in [0.25, 0.3) is 0 Å². The molecule has 1 aliphatic heterocycles. The molecule has 2 N–H and O–H groups in total. The zero-order valence-corrected chi connectivity index (χ0v) is 15.7. The fourth-order valence-electron chi connectivity index (χ4n) is 3.34. The summed E-state index contributed by atoms with van der Waals surface area (Å²) < 4.78 is 7.52. The lowest BCUT2D eigenvalue weighted by Crippen LogP contribution is -2.40. The summed E-state index contributed by atoms with van der Waals surface area (Å²) in [5.74, 6) is 2.51. The second kappa shape index (κ2) is 7.51. The molecule has 1 fully saturated rings. The van der Waals surface area contributed by atoms with E-state index in [1.807, 2.05) is 16.7 Å². The Morgan fingerprint density at radius 3 is 2.72 bits per heavy atom. The number of hydrogen-bond acceptors (Lipinski definition) is 6. The average Bonchev–Trinajstić information content (AvgIpc) is 3.17. The monoisotopic (exact) mass is 363 g/mol. The number of aromatic nitrogens is 3. The first-order valence-corrected chi connectivity index (χ1v) is 9.48. The minimum Gasteiger partial charge on any atom is -0.467 e. The Bertz CT molecular complexity index is 705. The second-order valence-corrected chi connectivity index (χ2v) is 8.27. The lowest BCUT2D eigenvalue weighted by atomic mass is 9.92. The molecule has 0 radical (unpaired) electrons. The summed E-state index contributed by atoms with van der Waals surface area (Å²) >= 11 is 1.33. The van der Waals surface area contributed by atoms with Crippen LogP contribution in [0, 0.1) is 11.8 Å². The number of primary amides is 1. The number of carbonyl (C=O) groups excluding carboxylic acids is 1. The molecule has 0 bridgehead atoms. The van der Waals surface area contributed by atoms with E-state index in [0.717, 1.165) is 24.8 Å². The molecule has 0 aromatic carbocycles. The standard InChI is InChI=1S/C17H25N5O2S/c1-11-7-12(2)9-21(8-11)16-19-20-17(25-13(3)15(18)23)22(16)10-14-5-4-6-24-14/h4-6,11-13H,7-10H2,1-3H3,(H2,18,23)/t11-,12-,13+/m1/s1. The molecule has 0 aliphatic carbocycles. The Kier molecular flexibility index (Phi) is 5.36. The Morgan fingerprint density at radius 1 is 1.40 bits per heavy atom. The zero-order chi connectivity index (χ0) is 18.0. The molecule has 2 aromatic rings. The summed E-state index contributed by atoms with van der Waals surface area (Å²) in [6.07, 6.45) is 2.88. The largest absolute Gasteiger partial charge is 0.467 e. The fraction of sp³-hybridized carbons (Fsp3) is 0.588. The van der Waals surface area contributed by atoms with E-state index in [2.05, 4.69) is 28.9 Å². The molecule has 3 heterocycles. The van der Waals surface area contributed by atoms with Crippen LogP contribution in [0.3, 0.4) is 0 Å². The van der Waals surface area contributed by atoms with Gasteiger partial charge in [-0.1, -0.05) is 25.6 Å². The molecule has 1 aliphatic rings. The van der Waals surface area contributed by atoms with Crippen molar-refractivity contribution >= 4 is 23.6 Å². The van der Waals surface area contributed by atoms with E-state index >= 15 is 0 Å². The van der Waals surface area contributed by atoms with Gasteiger partial charge in [-0.25, -0.2) is 0 Å². The van der Waals surface area contributed by atoms with E-state index in [1.165, 1.54) is 18.2 Å². The van der Waals surface area contributed by atoms with E-state index in [9.17, 15) is 4.79 Å². The first kappa shape index (κ1) is 17.8. The van der Waals surface area contributed by atoms with E-state index < -0.39 is 0 Å². The molecular formula is C17H25N5O2S. The number of amides is 1. The van der Waals surface area contributed by atoms with Gasteiger partial charge in [0.2, 0.25) is 11.9 Å². The smallest absolute Gasteiger partial charge is 0.230 e. The molecule has 1 saturated heterocycles. The lowest BCUT2D eigenvalue weighted by Gasteiger charge is -2.35. The summed E-state index contributed by atoms with van der Waals surface area (Å²) in [6, 6.07) is 3.79. The molecule has 0 unspecified atom stereocenters. The molecule has 2 aromatic heterocycles. The second-order valence-electron chi connectivity index (χ2n) is 6.96. The highest BCUT2D eigenvalue weighted by Gasteiger charge is 2.28. The maximum atomic E-state index is 11.4. The third kappa shape index (κ3) is 4.18. The van der Waals surface area contributed by atoms with Crippen molar-refractivity contribution in [2.75, 3.05) is 18.0 Å². The SMILES string of the molecule is C[C@@H]1C[C@@H](C)CN(c2nnc(S[C@@H](C)C(N)=O)n2Cc2ccco2)C1. The van der Waals surface area contributed by atoms with Crippen molar-refractivity contribution in [1.82, 2.24) is 14.8 Å².